The lowest BCUT2D eigenvalue weighted by molar-refractivity contribution is -0.124. The van der Waals surface area contributed by atoms with Crippen molar-refractivity contribution in [3.05, 3.63) is 40.3 Å². The molecule has 2 aromatic heterocycles. The van der Waals surface area contributed by atoms with Gasteiger partial charge >= 0.3 is 0 Å². The van der Waals surface area contributed by atoms with Crippen molar-refractivity contribution in [3.63, 3.8) is 0 Å². The summed E-state index contributed by atoms with van der Waals surface area (Å²) in [6.45, 7) is 4.05. The molecule has 0 aliphatic carbocycles. The summed E-state index contributed by atoms with van der Waals surface area (Å²) in [6, 6.07) is 7.86. The highest BCUT2D eigenvalue weighted by Gasteiger charge is 2.16. The van der Waals surface area contributed by atoms with Crippen LogP contribution in [0.2, 0.25) is 0 Å². The second kappa shape index (κ2) is 10.7. The maximum atomic E-state index is 11.1. The predicted octanol–water partition coefficient (Wildman–Crippen LogP) is 1.99. The largest absolute Gasteiger partial charge is 0.490 e. The van der Waals surface area contributed by atoms with E-state index in [9.17, 15) is 9.90 Å². The Morgan fingerprint density at radius 2 is 2.00 bits per heavy atom. The summed E-state index contributed by atoms with van der Waals surface area (Å²) in [6.07, 6.45) is -0.896. The van der Waals surface area contributed by atoms with Crippen molar-refractivity contribution in [2.45, 2.75) is 26.5 Å². The van der Waals surface area contributed by atoms with Gasteiger partial charge in [0, 0.05) is 23.5 Å². The van der Waals surface area contributed by atoms with E-state index in [0.29, 0.717) is 17.5 Å². The Bertz CT molecular complexity index is 1040. The summed E-state index contributed by atoms with van der Waals surface area (Å²) < 4.78 is 11.3. The topological polar surface area (TPSA) is 121 Å². The third-order valence-corrected chi connectivity index (χ3v) is 5.65. The first-order chi connectivity index (χ1) is 15.3. The molecule has 0 fully saturated rings. The normalized spacial score (nSPS) is 12.2. The van der Waals surface area contributed by atoms with Gasteiger partial charge in [-0.15, -0.1) is 11.3 Å². The zero-order chi connectivity index (χ0) is 23.3. The number of aromatic nitrogens is 2. The number of carbonyl (C=O) groups excluding carboxylic acids is 1. The monoisotopic (exact) mass is 460 g/mol. The van der Waals surface area contributed by atoms with Crippen molar-refractivity contribution in [2.75, 3.05) is 33.9 Å². The number of hydrogen-bond donors (Lipinski definition) is 3. The van der Waals surface area contributed by atoms with Crippen LogP contribution >= 0.6 is 11.3 Å². The first kappa shape index (κ1) is 23.9. The molecule has 32 heavy (non-hydrogen) atoms. The van der Waals surface area contributed by atoms with Crippen LogP contribution in [0.1, 0.15) is 16.0 Å². The van der Waals surface area contributed by atoms with E-state index in [1.807, 2.05) is 46.1 Å². The number of aliphatic hydroxyl groups is 2. The zero-order valence-corrected chi connectivity index (χ0v) is 19.4. The minimum absolute atomic E-state index is 0.000185. The zero-order valence-electron chi connectivity index (χ0n) is 18.6. The maximum Gasteiger partial charge on any atom is 0.268 e. The van der Waals surface area contributed by atoms with Gasteiger partial charge < -0.3 is 29.7 Å². The molecule has 2 heterocycles. The van der Waals surface area contributed by atoms with Gasteiger partial charge in [-0.25, -0.2) is 0 Å². The fourth-order valence-electron chi connectivity index (χ4n) is 3.16. The van der Waals surface area contributed by atoms with Crippen LogP contribution in [-0.2, 0) is 11.3 Å². The average molecular weight is 461 g/mol. The van der Waals surface area contributed by atoms with Gasteiger partial charge in [0.2, 0.25) is 11.7 Å². The number of thiophene rings is 1. The summed E-state index contributed by atoms with van der Waals surface area (Å²) >= 11 is 1.63. The van der Waals surface area contributed by atoms with Crippen LogP contribution < -0.4 is 10.1 Å². The standard InChI is InChI=1S/C22H28N4O5S/c1-13-7-15(8-14(2)20(13)30-12-16(28)9-23-19(29)11-27)21-24-22(31-25-21)18-6-5-17(32-18)10-26(3)4/h5-8,16,27-28H,9-12H2,1-4H3,(H,23,29). The van der Waals surface area contributed by atoms with Crippen molar-refractivity contribution in [1.82, 2.24) is 20.4 Å². The van der Waals surface area contributed by atoms with Crippen LogP contribution in [0, 0.1) is 13.8 Å². The number of benzene rings is 1. The Morgan fingerprint density at radius 1 is 1.28 bits per heavy atom. The van der Waals surface area contributed by atoms with Gasteiger partial charge in [-0.1, -0.05) is 5.16 Å². The number of nitrogens with zero attached hydrogens (tertiary/aromatic N) is 3. The lowest BCUT2D eigenvalue weighted by Gasteiger charge is -2.16. The second-order valence-electron chi connectivity index (χ2n) is 7.79. The average Bonchev–Trinajstić information content (AvgIpc) is 3.40. The van der Waals surface area contributed by atoms with E-state index in [2.05, 4.69) is 26.4 Å². The maximum absolute atomic E-state index is 11.1. The van der Waals surface area contributed by atoms with E-state index in [4.69, 9.17) is 14.4 Å². The van der Waals surface area contributed by atoms with Crippen molar-refractivity contribution in [3.8, 4) is 27.9 Å². The van der Waals surface area contributed by atoms with E-state index in [1.165, 1.54) is 4.88 Å². The lowest BCUT2D eigenvalue weighted by atomic mass is 10.1. The Morgan fingerprint density at radius 3 is 2.66 bits per heavy atom. The van der Waals surface area contributed by atoms with E-state index >= 15 is 0 Å². The Labute approximate surface area is 190 Å². The van der Waals surface area contributed by atoms with E-state index in [0.717, 1.165) is 28.1 Å². The minimum atomic E-state index is -0.896. The molecule has 1 unspecified atom stereocenters. The number of hydrogen-bond acceptors (Lipinski definition) is 9. The molecule has 1 amide bonds. The SMILES string of the molecule is Cc1cc(-c2noc(-c3ccc(CN(C)C)s3)n2)cc(C)c1OCC(O)CNC(=O)CO. The number of ether oxygens (including phenoxy) is 1. The summed E-state index contributed by atoms with van der Waals surface area (Å²) in [5, 5.41) is 25.2. The molecule has 1 aromatic carbocycles. The molecule has 0 saturated carbocycles. The Balaban J connectivity index is 1.68. The van der Waals surface area contributed by atoms with Gasteiger partial charge in [0.1, 0.15) is 25.1 Å². The van der Waals surface area contributed by atoms with Gasteiger partial charge in [-0.2, -0.15) is 4.98 Å². The van der Waals surface area contributed by atoms with Gasteiger partial charge in [0.15, 0.2) is 0 Å². The summed E-state index contributed by atoms with van der Waals surface area (Å²) in [4.78, 5) is 19.9. The molecular formula is C22H28N4O5S. The molecular weight excluding hydrogens is 432 g/mol. The first-order valence-corrected chi connectivity index (χ1v) is 11.0. The van der Waals surface area contributed by atoms with Crippen molar-refractivity contribution in [2.24, 2.45) is 0 Å². The molecule has 0 saturated heterocycles. The third kappa shape index (κ3) is 6.13. The molecule has 0 radical (unpaired) electrons. The molecule has 3 N–H and O–H groups in total. The number of rotatable bonds is 10. The van der Waals surface area contributed by atoms with Crippen LogP contribution in [-0.4, -0.2) is 71.1 Å². The smallest absolute Gasteiger partial charge is 0.268 e. The van der Waals surface area contributed by atoms with Gasteiger partial charge in [0.05, 0.1) is 4.88 Å². The van der Waals surface area contributed by atoms with E-state index in [1.54, 1.807) is 11.3 Å². The highest BCUT2D eigenvalue weighted by atomic mass is 32.1. The molecule has 0 aliphatic heterocycles. The summed E-state index contributed by atoms with van der Waals surface area (Å²) in [7, 11) is 4.05. The first-order valence-electron chi connectivity index (χ1n) is 10.1. The number of carbonyl (C=O) groups is 1. The number of amides is 1. The Kier molecular flexibility index (Phi) is 7.97. The van der Waals surface area contributed by atoms with E-state index < -0.39 is 18.6 Å². The van der Waals surface area contributed by atoms with Crippen LogP contribution in [0.4, 0.5) is 0 Å². The molecule has 10 heteroatoms. The van der Waals surface area contributed by atoms with Crippen LogP contribution in [0.3, 0.4) is 0 Å². The predicted molar refractivity (Wildman–Crippen MR) is 122 cm³/mol. The van der Waals surface area contributed by atoms with Crippen molar-refractivity contribution >= 4 is 17.2 Å². The molecule has 9 nitrogen and oxygen atoms in total. The van der Waals surface area contributed by atoms with Gasteiger partial charge in [-0.3, -0.25) is 4.79 Å². The second-order valence-corrected chi connectivity index (χ2v) is 8.96. The van der Waals surface area contributed by atoms with E-state index in [-0.39, 0.29) is 13.2 Å². The van der Waals surface area contributed by atoms with Crippen LogP contribution in [0.25, 0.3) is 22.2 Å². The summed E-state index contributed by atoms with van der Waals surface area (Å²) in [5.74, 6) is 1.08. The fourth-order valence-corrected chi connectivity index (χ4v) is 4.21. The molecule has 3 rings (SSSR count). The highest BCUT2D eigenvalue weighted by molar-refractivity contribution is 7.15. The lowest BCUT2D eigenvalue weighted by Crippen LogP contribution is -2.36. The minimum Gasteiger partial charge on any atom is -0.490 e. The summed E-state index contributed by atoms with van der Waals surface area (Å²) in [5.41, 5.74) is 2.54. The number of aryl methyl sites for hydroxylation is 2. The molecule has 0 spiro atoms. The Hall–Kier alpha value is -2.79. The van der Waals surface area contributed by atoms with Crippen molar-refractivity contribution < 1.29 is 24.3 Å². The van der Waals surface area contributed by atoms with Crippen LogP contribution in [0.15, 0.2) is 28.8 Å². The molecule has 0 bridgehead atoms. The number of aliphatic hydroxyl groups excluding tert-OH is 2. The quantitative estimate of drug-likeness (QED) is 0.420. The molecule has 1 atom stereocenters. The van der Waals surface area contributed by atoms with Crippen molar-refractivity contribution in [1.29, 1.82) is 0 Å². The van der Waals surface area contributed by atoms with Crippen LogP contribution in [0.5, 0.6) is 5.75 Å². The van der Waals surface area contributed by atoms with Gasteiger partial charge in [0.25, 0.3) is 5.89 Å². The molecule has 172 valence electrons. The fraction of sp³-hybridized carbons (Fsp3) is 0.409. The number of nitrogens with one attached hydrogen (secondary N) is 1. The molecule has 0 aliphatic rings. The third-order valence-electron chi connectivity index (χ3n) is 4.59. The highest BCUT2D eigenvalue weighted by Crippen LogP contribution is 2.32. The van der Waals surface area contributed by atoms with Gasteiger partial charge in [-0.05, 0) is 63.3 Å². The molecule has 3 aromatic rings.